The summed E-state index contributed by atoms with van der Waals surface area (Å²) in [4.78, 5) is 47.0. The van der Waals surface area contributed by atoms with E-state index in [-0.39, 0.29) is 11.9 Å². The zero-order valence-corrected chi connectivity index (χ0v) is 27.6. The topological polar surface area (TPSA) is 127 Å². The van der Waals surface area contributed by atoms with Crippen LogP contribution in [-0.2, 0) is 28.7 Å². The first kappa shape index (κ1) is 40.9. The second-order valence-corrected chi connectivity index (χ2v) is 12.2. The number of hydrogen-bond donors (Lipinski definition) is 2. The molecule has 0 heterocycles. The fraction of sp³-hybridized carbons (Fsp3) is 0.886. The zero-order chi connectivity index (χ0) is 32.0. The molecule has 0 aliphatic carbocycles. The Balaban J connectivity index is 3.91. The lowest BCUT2D eigenvalue weighted by atomic mass is 9.90. The Hall–Kier alpha value is -2.12. The third-order valence-corrected chi connectivity index (χ3v) is 8.19. The number of unbranched alkanes of at least 4 members (excludes halogenated alkanes) is 14. The van der Waals surface area contributed by atoms with Crippen LogP contribution >= 0.6 is 0 Å². The van der Waals surface area contributed by atoms with E-state index in [4.69, 9.17) is 9.47 Å². The normalized spacial score (nSPS) is 12.5. The Kier molecular flexibility index (Phi) is 28.5. The number of carboxylic acids is 2. The molecule has 0 spiro atoms. The molecule has 0 saturated carbocycles. The molecule has 252 valence electrons. The maximum Gasteiger partial charge on any atom is 0.306 e. The summed E-state index contributed by atoms with van der Waals surface area (Å²) in [6.45, 7) is 5.19. The second-order valence-electron chi connectivity index (χ2n) is 12.2. The molecule has 0 aliphatic heterocycles. The molecular formula is C35H64O8. The molecule has 0 aliphatic rings. The molecule has 0 aromatic carbocycles. The van der Waals surface area contributed by atoms with Gasteiger partial charge in [-0.15, -0.1) is 0 Å². The Morgan fingerprint density at radius 2 is 0.767 bits per heavy atom. The first-order valence-corrected chi connectivity index (χ1v) is 17.6. The Labute approximate surface area is 262 Å². The van der Waals surface area contributed by atoms with Crippen LogP contribution in [0.25, 0.3) is 0 Å². The van der Waals surface area contributed by atoms with Gasteiger partial charge in [-0.05, 0) is 51.4 Å². The quantitative estimate of drug-likeness (QED) is 0.0568. The molecule has 0 bridgehead atoms. The van der Waals surface area contributed by atoms with Crippen molar-refractivity contribution in [2.75, 3.05) is 13.2 Å². The maximum atomic E-state index is 11.8. The van der Waals surface area contributed by atoms with E-state index in [9.17, 15) is 29.4 Å². The first-order chi connectivity index (χ1) is 20.8. The molecule has 0 amide bonds. The van der Waals surface area contributed by atoms with Crippen molar-refractivity contribution in [2.24, 2.45) is 11.8 Å². The molecule has 0 aromatic heterocycles. The van der Waals surface area contributed by atoms with Crippen LogP contribution in [0.5, 0.6) is 0 Å². The highest BCUT2D eigenvalue weighted by atomic mass is 16.5. The minimum Gasteiger partial charge on any atom is -0.481 e. The van der Waals surface area contributed by atoms with E-state index < -0.39 is 23.8 Å². The summed E-state index contributed by atoms with van der Waals surface area (Å²) in [7, 11) is 0. The van der Waals surface area contributed by atoms with Crippen molar-refractivity contribution in [3.63, 3.8) is 0 Å². The highest BCUT2D eigenvalue weighted by Gasteiger charge is 2.21. The van der Waals surface area contributed by atoms with Gasteiger partial charge in [0.15, 0.2) is 0 Å². The molecule has 2 N–H and O–H groups in total. The lowest BCUT2D eigenvalue weighted by Gasteiger charge is -2.15. The van der Waals surface area contributed by atoms with Gasteiger partial charge < -0.3 is 19.7 Å². The van der Waals surface area contributed by atoms with Gasteiger partial charge in [0, 0.05) is 12.8 Å². The van der Waals surface area contributed by atoms with Crippen LogP contribution < -0.4 is 0 Å². The van der Waals surface area contributed by atoms with E-state index in [0.717, 1.165) is 77.0 Å². The minimum absolute atomic E-state index is 0.122. The SMILES string of the molecule is CCCCCCCC(=O)OCCCCCCC(CCCC(CCCCCCOC(=O)CCCCCCC)C(=O)O)C(=O)O. The summed E-state index contributed by atoms with van der Waals surface area (Å²) in [5.41, 5.74) is 0. The third-order valence-electron chi connectivity index (χ3n) is 8.19. The van der Waals surface area contributed by atoms with Crippen molar-refractivity contribution < 1.29 is 38.9 Å². The summed E-state index contributed by atoms with van der Waals surface area (Å²) in [5.74, 6) is -2.75. The molecular weight excluding hydrogens is 548 g/mol. The highest BCUT2D eigenvalue weighted by Crippen LogP contribution is 2.23. The smallest absolute Gasteiger partial charge is 0.306 e. The second kappa shape index (κ2) is 29.9. The highest BCUT2D eigenvalue weighted by molar-refractivity contribution is 5.71. The van der Waals surface area contributed by atoms with Crippen molar-refractivity contribution in [1.29, 1.82) is 0 Å². The number of carbonyl (C=O) groups is 4. The van der Waals surface area contributed by atoms with Crippen LogP contribution in [0.15, 0.2) is 0 Å². The number of carboxylic acid groups (broad SMARTS) is 2. The van der Waals surface area contributed by atoms with Crippen molar-refractivity contribution in [3.8, 4) is 0 Å². The Bertz CT molecular complexity index is 650. The molecule has 2 unspecified atom stereocenters. The Morgan fingerprint density at radius 1 is 0.442 bits per heavy atom. The van der Waals surface area contributed by atoms with E-state index in [0.29, 0.717) is 58.2 Å². The summed E-state index contributed by atoms with van der Waals surface area (Å²) in [5, 5.41) is 19.2. The van der Waals surface area contributed by atoms with Gasteiger partial charge >= 0.3 is 23.9 Å². The predicted molar refractivity (Wildman–Crippen MR) is 171 cm³/mol. The van der Waals surface area contributed by atoms with Gasteiger partial charge in [-0.1, -0.05) is 110 Å². The van der Waals surface area contributed by atoms with Crippen LogP contribution in [0.2, 0.25) is 0 Å². The predicted octanol–water partition coefficient (Wildman–Crippen LogP) is 9.27. The molecule has 0 fully saturated rings. The van der Waals surface area contributed by atoms with E-state index in [1.54, 1.807) is 0 Å². The Morgan fingerprint density at radius 3 is 1.14 bits per heavy atom. The standard InChI is InChI=1S/C35H64O8/c1-3-5-7-9-17-26-32(36)42-28-19-13-11-15-22-30(34(38)39)24-21-25-31(35(40)41)23-16-12-14-20-29-43-33(37)27-18-10-8-6-4-2/h30-31H,3-29H2,1-2H3,(H,38,39)(H,40,41). The van der Waals surface area contributed by atoms with E-state index in [2.05, 4.69) is 13.8 Å². The summed E-state index contributed by atoms with van der Waals surface area (Å²) < 4.78 is 10.6. The monoisotopic (exact) mass is 612 g/mol. The number of aliphatic carboxylic acids is 2. The number of esters is 2. The molecule has 2 atom stereocenters. The van der Waals surface area contributed by atoms with Crippen LogP contribution in [0.4, 0.5) is 0 Å². The van der Waals surface area contributed by atoms with Crippen LogP contribution in [0.3, 0.4) is 0 Å². The van der Waals surface area contributed by atoms with Gasteiger partial charge in [0.1, 0.15) is 0 Å². The van der Waals surface area contributed by atoms with E-state index in [1.807, 2.05) is 0 Å². The van der Waals surface area contributed by atoms with Crippen molar-refractivity contribution in [3.05, 3.63) is 0 Å². The molecule has 8 heteroatoms. The zero-order valence-electron chi connectivity index (χ0n) is 27.6. The first-order valence-electron chi connectivity index (χ1n) is 17.6. The third kappa shape index (κ3) is 27.2. The van der Waals surface area contributed by atoms with E-state index >= 15 is 0 Å². The molecule has 43 heavy (non-hydrogen) atoms. The molecule has 0 saturated heterocycles. The summed E-state index contributed by atoms with van der Waals surface area (Å²) in [6, 6.07) is 0. The van der Waals surface area contributed by atoms with Gasteiger partial charge in [0.05, 0.1) is 25.0 Å². The number of rotatable bonds is 32. The maximum absolute atomic E-state index is 11.8. The number of hydrogen-bond acceptors (Lipinski definition) is 6. The molecule has 0 rings (SSSR count). The molecule has 8 nitrogen and oxygen atoms in total. The van der Waals surface area contributed by atoms with Crippen molar-refractivity contribution in [2.45, 2.75) is 174 Å². The lowest BCUT2D eigenvalue weighted by molar-refractivity contribution is -0.144. The van der Waals surface area contributed by atoms with Crippen LogP contribution in [0, 0.1) is 11.8 Å². The van der Waals surface area contributed by atoms with E-state index in [1.165, 1.54) is 38.5 Å². The molecule has 0 aromatic rings. The number of carbonyl (C=O) groups excluding carboxylic acids is 2. The summed E-state index contributed by atoms with van der Waals surface area (Å²) >= 11 is 0. The van der Waals surface area contributed by atoms with Gasteiger partial charge in [0.2, 0.25) is 0 Å². The van der Waals surface area contributed by atoms with Gasteiger partial charge in [0.25, 0.3) is 0 Å². The van der Waals surface area contributed by atoms with Crippen molar-refractivity contribution in [1.82, 2.24) is 0 Å². The van der Waals surface area contributed by atoms with Crippen molar-refractivity contribution >= 4 is 23.9 Å². The minimum atomic E-state index is -0.808. The molecule has 0 radical (unpaired) electrons. The van der Waals surface area contributed by atoms with Crippen LogP contribution in [-0.4, -0.2) is 47.3 Å². The fourth-order valence-corrected chi connectivity index (χ4v) is 5.35. The van der Waals surface area contributed by atoms with Gasteiger partial charge in [-0.25, -0.2) is 0 Å². The fourth-order valence-electron chi connectivity index (χ4n) is 5.35. The van der Waals surface area contributed by atoms with Crippen LogP contribution in [0.1, 0.15) is 174 Å². The number of ether oxygens (including phenoxy) is 2. The average Bonchev–Trinajstić information content (AvgIpc) is 2.97. The summed E-state index contributed by atoms with van der Waals surface area (Å²) in [6.07, 6.45) is 21.6. The van der Waals surface area contributed by atoms with Gasteiger partial charge in [-0.3, -0.25) is 19.2 Å². The average molecular weight is 613 g/mol. The largest absolute Gasteiger partial charge is 0.481 e. The lowest BCUT2D eigenvalue weighted by Crippen LogP contribution is -2.17. The van der Waals surface area contributed by atoms with Gasteiger partial charge in [-0.2, -0.15) is 0 Å².